The van der Waals surface area contributed by atoms with Gasteiger partial charge in [-0.2, -0.15) is 13.6 Å². The highest BCUT2D eigenvalue weighted by Gasteiger charge is 2.46. The molecule has 7 N–H and O–H groups in total. The van der Waals surface area contributed by atoms with Gasteiger partial charge in [-0.3, -0.25) is 13.9 Å². The van der Waals surface area contributed by atoms with E-state index in [1.807, 2.05) is 0 Å². The van der Waals surface area contributed by atoms with Crippen molar-refractivity contribution < 1.29 is 66.2 Å². The molecular formula is C13H24N3O15P3. The van der Waals surface area contributed by atoms with Gasteiger partial charge in [0.1, 0.15) is 18.3 Å². The second-order valence-electron chi connectivity index (χ2n) is 7.75. The van der Waals surface area contributed by atoms with Gasteiger partial charge in [-0.1, -0.05) is 0 Å². The highest BCUT2D eigenvalue weighted by Crippen LogP contribution is 2.66. The van der Waals surface area contributed by atoms with Crippen LogP contribution in [-0.2, 0) is 36.4 Å². The molecule has 2 unspecified atom stereocenters. The summed E-state index contributed by atoms with van der Waals surface area (Å²) in [7, 11) is -16.8. The van der Waals surface area contributed by atoms with E-state index in [-0.39, 0.29) is 5.82 Å². The van der Waals surface area contributed by atoms with Crippen LogP contribution in [-0.4, -0.2) is 69.9 Å². The zero-order valence-electron chi connectivity index (χ0n) is 17.8. The molecule has 0 spiro atoms. The molecule has 196 valence electrons. The first-order valence-electron chi connectivity index (χ1n) is 9.12. The fourth-order valence-corrected chi connectivity index (χ4v) is 5.47. The van der Waals surface area contributed by atoms with Crippen LogP contribution in [0.5, 0.6) is 0 Å². The van der Waals surface area contributed by atoms with Gasteiger partial charge in [0.15, 0.2) is 12.0 Å². The van der Waals surface area contributed by atoms with Crippen LogP contribution in [0.4, 0.5) is 5.82 Å². The Morgan fingerprint density at radius 3 is 2.24 bits per heavy atom. The summed E-state index contributed by atoms with van der Waals surface area (Å²) in [5, 5.41) is 20.3. The molecule has 18 nitrogen and oxygen atoms in total. The number of anilines is 1. The Hall–Kier alpha value is -1.07. The van der Waals surface area contributed by atoms with E-state index in [0.717, 1.165) is 10.8 Å². The molecule has 1 aliphatic heterocycles. The maximum absolute atomic E-state index is 12.3. The minimum absolute atomic E-state index is 0.0356. The number of aliphatic hydroxyl groups is 2. The summed E-state index contributed by atoms with van der Waals surface area (Å²) in [6.45, 7) is 4.20. The Labute approximate surface area is 191 Å². The first-order valence-corrected chi connectivity index (χ1v) is 13.6. The van der Waals surface area contributed by atoms with E-state index < -0.39 is 65.9 Å². The summed E-state index contributed by atoms with van der Waals surface area (Å²) in [5.41, 5.74) is 0.948. The maximum atomic E-state index is 12.3. The molecule has 0 aliphatic carbocycles. The number of ether oxygens (including phenoxy) is 1. The molecule has 1 saturated heterocycles. The molecule has 1 fully saturated rings. The van der Waals surface area contributed by atoms with Crippen molar-refractivity contribution >= 4 is 29.3 Å². The van der Waals surface area contributed by atoms with Gasteiger partial charge in [-0.05, 0) is 26.8 Å². The molecule has 1 aromatic rings. The molecule has 1 aliphatic rings. The summed E-state index contributed by atoms with van der Waals surface area (Å²) >= 11 is 0. The number of phosphoric ester groups is 1. The van der Waals surface area contributed by atoms with E-state index in [9.17, 15) is 33.6 Å². The van der Waals surface area contributed by atoms with Gasteiger partial charge in [0, 0.05) is 6.20 Å². The first kappa shape index (κ1) is 29.2. The summed E-state index contributed by atoms with van der Waals surface area (Å²) in [6, 6.07) is 1.30. The van der Waals surface area contributed by atoms with Crippen LogP contribution in [0.2, 0.25) is 0 Å². The number of aromatic nitrogens is 2. The quantitative estimate of drug-likeness (QED) is 0.140. The van der Waals surface area contributed by atoms with E-state index in [0.29, 0.717) is 0 Å². The molecule has 0 saturated carbocycles. The summed E-state index contributed by atoms with van der Waals surface area (Å²) in [5.74, 6) is 0.0356. The molecule has 0 aromatic carbocycles. The van der Waals surface area contributed by atoms with E-state index in [1.54, 1.807) is 20.8 Å². The van der Waals surface area contributed by atoms with Crippen molar-refractivity contribution in [2.75, 3.05) is 12.1 Å². The van der Waals surface area contributed by atoms with Crippen LogP contribution in [0.25, 0.3) is 0 Å². The Morgan fingerprint density at radius 1 is 1.09 bits per heavy atom. The van der Waals surface area contributed by atoms with Gasteiger partial charge < -0.3 is 34.5 Å². The topological polar surface area (TPSA) is 266 Å². The molecule has 34 heavy (non-hydrogen) atoms. The number of phosphoric acid groups is 3. The standard InChI is InChI=1S/C13H24N3O15P3/c1-13(2,3)29-15-8-4-5-16(12(19)14-8)11-10(18)9(17)7(28-11)6-27-33(23,24)31-34(25,26)30-32(20,21)22/h4-5,7,9-11,17-18H,6H2,1-3H3,(H,23,24)(H,25,26)(H,14,15,19)(H2,20,21,22)/t7-,9-,10-,11-/m1/s1. The molecule has 6 atom stereocenters. The number of aliphatic hydroxyl groups excluding tert-OH is 2. The average Bonchev–Trinajstić information content (AvgIpc) is 2.89. The average molecular weight is 555 g/mol. The minimum Gasteiger partial charge on any atom is -0.387 e. The summed E-state index contributed by atoms with van der Waals surface area (Å²) < 4.78 is 51.3. The Kier molecular flexibility index (Phi) is 9.01. The van der Waals surface area contributed by atoms with Crippen LogP contribution in [0.1, 0.15) is 27.0 Å². The largest absolute Gasteiger partial charge is 0.490 e. The van der Waals surface area contributed by atoms with Gasteiger partial charge in [0.25, 0.3) is 0 Å². The van der Waals surface area contributed by atoms with Gasteiger partial charge in [-0.15, -0.1) is 0 Å². The van der Waals surface area contributed by atoms with Crippen molar-refractivity contribution in [2.24, 2.45) is 0 Å². The predicted octanol–water partition coefficient (Wildman–Crippen LogP) is -0.652. The number of nitrogens with one attached hydrogen (secondary N) is 1. The lowest BCUT2D eigenvalue weighted by atomic mass is 10.1. The molecule has 2 heterocycles. The molecule has 2 rings (SSSR count). The third-order valence-electron chi connectivity index (χ3n) is 3.72. The van der Waals surface area contributed by atoms with Crippen LogP contribution >= 0.6 is 23.5 Å². The molecule has 21 heteroatoms. The Bertz CT molecular complexity index is 1070. The molecule has 0 bridgehead atoms. The maximum Gasteiger partial charge on any atom is 0.490 e. The van der Waals surface area contributed by atoms with Gasteiger partial charge in [0.05, 0.1) is 12.2 Å². The predicted molar refractivity (Wildman–Crippen MR) is 109 cm³/mol. The third kappa shape index (κ3) is 8.86. The van der Waals surface area contributed by atoms with Gasteiger partial charge in [-0.25, -0.2) is 24.0 Å². The fourth-order valence-electron chi connectivity index (χ4n) is 2.44. The van der Waals surface area contributed by atoms with Gasteiger partial charge in [0.2, 0.25) is 0 Å². The van der Waals surface area contributed by atoms with Crippen LogP contribution in [0.15, 0.2) is 17.1 Å². The van der Waals surface area contributed by atoms with E-state index >= 15 is 0 Å². The highest BCUT2D eigenvalue weighted by atomic mass is 31.3. The molecule has 1 aromatic heterocycles. The summed E-state index contributed by atoms with van der Waals surface area (Å²) in [4.78, 5) is 56.9. The van der Waals surface area contributed by atoms with Crippen molar-refractivity contribution in [3.63, 3.8) is 0 Å². The molecule has 0 radical (unpaired) electrons. The first-order chi connectivity index (χ1) is 15.3. The second-order valence-corrected chi connectivity index (χ2v) is 12.2. The lowest BCUT2D eigenvalue weighted by Gasteiger charge is -2.20. The third-order valence-corrected chi connectivity index (χ3v) is 7.52. The van der Waals surface area contributed by atoms with Crippen LogP contribution < -0.4 is 11.2 Å². The SMILES string of the molecule is CC(C)(C)ONc1ccn([C@@H]2O[C@H](COP(=O)(O)OP(=O)(O)OP(=O)(O)O)[C@@H](O)[C@H]2O)c(=O)n1. The van der Waals surface area contributed by atoms with Crippen LogP contribution in [0, 0.1) is 0 Å². The lowest BCUT2D eigenvalue weighted by molar-refractivity contribution is -0.0542. The minimum atomic E-state index is -5.74. The zero-order valence-corrected chi connectivity index (χ0v) is 20.4. The Balaban J connectivity index is 2.05. The number of rotatable bonds is 10. The summed E-state index contributed by atoms with van der Waals surface area (Å²) in [6.07, 6.45) is -5.42. The van der Waals surface area contributed by atoms with E-state index in [1.165, 1.54) is 6.07 Å². The van der Waals surface area contributed by atoms with Crippen molar-refractivity contribution in [1.82, 2.24) is 9.55 Å². The van der Waals surface area contributed by atoms with Crippen molar-refractivity contribution in [2.45, 2.75) is 50.9 Å². The lowest BCUT2D eigenvalue weighted by Crippen LogP contribution is -2.36. The van der Waals surface area contributed by atoms with Crippen molar-refractivity contribution in [3.05, 3.63) is 22.7 Å². The highest BCUT2D eigenvalue weighted by molar-refractivity contribution is 7.66. The van der Waals surface area contributed by atoms with E-state index in [2.05, 4.69) is 23.6 Å². The van der Waals surface area contributed by atoms with Crippen molar-refractivity contribution in [1.29, 1.82) is 0 Å². The smallest absolute Gasteiger partial charge is 0.387 e. The number of nitrogens with zero attached hydrogens (tertiary/aromatic N) is 2. The van der Waals surface area contributed by atoms with Gasteiger partial charge >= 0.3 is 29.2 Å². The zero-order chi connectivity index (χ0) is 26.1. The molecular weight excluding hydrogens is 531 g/mol. The van der Waals surface area contributed by atoms with E-state index in [4.69, 9.17) is 24.3 Å². The van der Waals surface area contributed by atoms with Crippen molar-refractivity contribution in [3.8, 4) is 0 Å². The Morgan fingerprint density at radius 2 is 1.71 bits per heavy atom. The normalized spacial score (nSPS) is 27.2. The van der Waals surface area contributed by atoms with Crippen LogP contribution in [0.3, 0.4) is 0 Å². The number of hydrogen-bond donors (Lipinski definition) is 7. The fraction of sp³-hybridized carbons (Fsp3) is 0.692. The second kappa shape index (κ2) is 10.5. The molecule has 0 amide bonds. The monoisotopic (exact) mass is 555 g/mol. The number of hydrogen-bond acceptors (Lipinski definition) is 13.